The molecular formula is C28H32O6S2. The van der Waals surface area contributed by atoms with Crippen LogP contribution in [0.25, 0.3) is 0 Å². The molecule has 0 aliphatic carbocycles. The summed E-state index contributed by atoms with van der Waals surface area (Å²) >= 11 is 3.38. The van der Waals surface area contributed by atoms with E-state index in [0.29, 0.717) is 25.7 Å². The van der Waals surface area contributed by atoms with Gasteiger partial charge in [-0.25, -0.2) is 0 Å². The lowest BCUT2D eigenvalue weighted by Crippen LogP contribution is -2.08. The minimum atomic E-state index is -0.898. The van der Waals surface area contributed by atoms with Gasteiger partial charge in [0.05, 0.1) is 4.58 Å². The Bertz CT molecular complexity index is 992. The second-order valence-corrected chi connectivity index (χ2v) is 10.9. The lowest BCUT2D eigenvalue weighted by Gasteiger charge is -2.16. The average Bonchev–Trinajstić information content (AvgIpc) is 2.82. The summed E-state index contributed by atoms with van der Waals surface area (Å²) in [5.74, 6) is -0.0525. The van der Waals surface area contributed by atoms with Crippen molar-refractivity contribution in [3.05, 3.63) is 59.7 Å². The molecule has 0 aliphatic heterocycles. The molecule has 2 rings (SSSR count). The average molecular weight is 529 g/mol. The molecule has 8 heteroatoms. The molecule has 0 bridgehead atoms. The molecule has 0 fully saturated rings. The number of benzene rings is 2. The zero-order valence-corrected chi connectivity index (χ0v) is 22.2. The third kappa shape index (κ3) is 15.1. The third-order valence-electron chi connectivity index (χ3n) is 4.77. The van der Waals surface area contributed by atoms with Gasteiger partial charge in [0.2, 0.25) is 5.78 Å². The van der Waals surface area contributed by atoms with Gasteiger partial charge in [0.25, 0.3) is 0 Å². The first-order chi connectivity index (χ1) is 17.1. The second-order valence-electron chi connectivity index (χ2n) is 8.10. The molecule has 0 unspecified atom stereocenters. The molecule has 0 atom stereocenters. The summed E-state index contributed by atoms with van der Waals surface area (Å²) in [6, 6.07) is 16.6. The second kappa shape index (κ2) is 17.4. The SMILES string of the molecule is C#CC(=O)CCCC(=O)O.Cc1ccc(SC(CC(=O)CCCC(=O)O)Sc2ccc(C)cc2)cc1. The number of rotatable bonds is 14. The Morgan fingerprint density at radius 3 is 1.56 bits per heavy atom. The van der Waals surface area contributed by atoms with Gasteiger partial charge in [0, 0.05) is 41.9 Å². The molecule has 0 saturated heterocycles. The fourth-order valence-electron chi connectivity index (χ4n) is 2.84. The Morgan fingerprint density at radius 2 is 1.17 bits per heavy atom. The fourth-order valence-corrected chi connectivity index (χ4v) is 5.43. The van der Waals surface area contributed by atoms with Crippen LogP contribution in [-0.4, -0.2) is 38.3 Å². The molecule has 36 heavy (non-hydrogen) atoms. The largest absolute Gasteiger partial charge is 0.481 e. The molecule has 0 amide bonds. The zero-order chi connectivity index (χ0) is 26.9. The van der Waals surface area contributed by atoms with Crippen LogP contribution in [-0.2, 0) is 19.2 Å². The summed E-state index contributed by atoms with van der Waals surface area (Å²) < 4.78 is 0.0674. The Balaban J connectivity index is 0.000000548. The molecule has 2 aromatic carbocycles. The predicted molar refractivity (Wildman–Crippen MR) is 144 cm³/mol. The number of thioether (sulfide) groups is 2. The Morgan fingerprint density at radius 1 is 0.750 bits per heavy atom. The van der Waals surface area contributed by atoms with E-state index >= 15 is 0 Å². The maximum Gasteiger partial charge on any atom is 0.303 e. The summed E-state index contributed by atoms with van der Waals surface area (Å²) in [6.45, 7) is 4.11. The van der Waals surface area contributed by atoms with Crippen molar-refractivity contribution in [2.24, 2.45) is 0 Å². The maximum atomic E-state index is 12.3. The normalized spacial score (nSPS) is 10.2. The van der Waals surface area contributed by atoms with Gasteiger partial charge in [-0.3, -0.25) is 19.2 Å². The van der Waals surface area contributed by atoms with Crippen LogP contribution in [0.15, 0.2) is 58.3 Å². The number of aliphatic carboxylic acids is 2. The molecule has 0 aromatic heterocycles. The Labute approximate surface area is 221 Å². The molecule has 2 N–H and O–H groups in total. The maximum absolute atomic E-state index is 12.3. The first-order valence-electron chi connectivity index (χ1n) is 11.5. The number of carbonyl (C=O) groups excluding carboxylic acids is 2. The number of carboxylic acids is 2. The molecule has 0 spiro atoms. The van der Waals surface area contributed by atoms with Gasteiger partial charge in [0.1, 0.15) is 5.78 Å². The van der Waals surface area contributed by atoms with E-state index in [1.165, 1.54) is 11.1 Å². The predicted octanol–water partition coefficient (Wildman–Crippen LogP) is 6.17. The Kier molecular flexibility index (Phi) is 15.0. The number of carboxylic acid groups (broad SMARTS) is 2. The smallest absolute Gasteiger partial charge is 0.303 e. The highest BCUT2D eigenvalue weighted by Crippen LogP contribution is 2.38. The number of hydrogen-bond donors (Lipinski definition) is 2. The van der Waals surface area contributed by atoms with E-state index in [0.717, 1.165) is 9.79 Å². The van der Waals surface area contributed by atoms with Gasteiger partial charge < -0.3 is 10.2 Å². The van der Waals surface area contributed by atoms with E-state index in [9.17, 15) is 19.2 Å². The van der Waals surface area contributed by atoms with Gasteiger partial charge >= 0.3 is 11.9 Å². The van der Waals surface area contributed by atoms with Gasteiger partial charge in [0.15, 0.2) is 0 Å². The van der Waals surface area contributed by atoms with Crippen LogP contribution in [0.5, 0.6) is 0 Å². The van der Waals surface area contributed by atoms with Gasteiger partial charge in [-0.15, -0.1) is 29.9 Å². The monoisotopic (exact) mass is 528 g/mol. The molecule has 192 valence electrons. The minimum absolute atomic E-state index is 0.00736. The molecule has 2 aromatic rings. The van der Waals surface area contributed by atoms with Crippen molar-refractivity contribution in [3.63, 3.8) is 0 Å². The first kappa shape index (κ1) is 31.0. The number of ketones is 2. The van der Waals surface area contributed by atoms with E-state index in [-0.39, 0.29) is 35.4 Å². The standard InChI is InChI=1S/C21H24O3S2.C7H8O3/c1-15-6-10-18(11-7-15)25-21(14-17(22)4-3-5-20(23)24)26-19-12-8-16(2)9-13-19;1-2-6(8)4-3-5-7(9)10/h6-13,21H,3-5,14H2,1-2H3,(H,23,24);1H,3-5H2,(H,9,10). The summed E-state index contributed by atoms with van der Waals surface area (Å²) in [4.78, 5) is 45.5. The molecule has 0 aliphatic rings. The van der Waals surface area contributed by atoms with Crippen molar-refractivity contribution in [3.8, 4) is 12.3 Å². The van der Waals surface area contributed by atoms with Crippen LogP contribution in [0.3, 0.4) is 0 Å². The topological polar surface area (TPSA) is 109 Å². The third-order valence-corrected chi connectivity index (χ3v) is 7.30. The van der Waals surface area contributed by atoms with Crippen LogP contribution in [0.2, 0.25) is 0 Å². The van der Waals surface area contributed by atoms with Crippen molar-refractivity contribution >= 4 is 47.0 Å². The highest BCUT2D eigenvalue weighted by Gasteiger charge is 2.17. The van der Waals surface area contributed by atoms with Crippen molar-refractivity contribution in [1.29, 1.82) is 0 Å². The molecular weight excluding hydrogens is 496 g/mol. The van der Waals surface area contributed by atoms with Crippen LogP contribution in [0, 0.1) is 26.2 Å². The quantitative estimate of drug-likeness (QED) is 0.130. The highest BCUT2D eigenvalue weighted by molar-refractivity contribution is 8.17. The van der Waals surface area contributed by atoms with E-state index < -0.39 is 11.9 Å². The van der Waals surface area contributed by atoms with Crippen LogP contribution in [0.1, 0.15) is 56.1 Å². The van der Waals surface area contributed by atoms with Crippen LogP contribution in [0.4, 0.5) is 0 Å². The number of terminal acetylenes is 1. The lowest BCUT2D eigenvalue weighted by molar-refractivity contribution is -0.138. The molecule has 0 radical (unpaired) electrons. The Hall–Kier alpha value is -3.02. The fraction of sp³-hybridized carbons (Fsp3) is 0.357. The molecule has 0 heterocycles. The van der Waals surface area contributed by atoms with Crippen LogP contribution >= 0.6 is 23.5 Å². The van der Waals surface area contributed by atoms with Crippen molar-refractivity contribution < 1.29 is 29.4 Å². The van der Waals surface area contributed by atoms with E-state index in [2.05, 4.69) is 62.4 Å². The number of aryl methyl sites for hydroxylation is 2. The number of hydrogen-bond acceptors (Lipinski definition) is 6. The van der Waals surface area contributed by atoms with Gasteiger partial charge in [-0.1, -0.05) is 35.4 Å². The van der Waals surface area contributed by atoms with E-state index in [1.807, 2.05) is 5.92 Å². The highest BCUT2D eigenvalue weighted by atomic mass is 32.2. The number of Topliss-reactive ketones (excluding diaryl/α,β-unsaturated/α-hetero) is 2. The summed E-state index contributed by atoms with van der Waals surface area (Å²) in [5, 5.41) is 16.9. The summed E-state index contributed by atoms with van der Waals surface area (Å²) in [5.41, 5.74) is 2.42. The zero-order valence-electron chi connectivity index (χ0n) is 20.6. The van der Waals surface area contributed by atoms with Gasteiger partial charge in [-0.05, 0) is 56.9 Å². The van der Waals surface area contributed by atoms with Crippen LogP contribution < -0.4 is 0 Å². The summed E-state index contributed by atoms with van der Waals surface area (Å²) in [7, 11) is 0. The van der Waals surface area contributed by atoms with Crippen molar-refractivity contribution in [2.45, 2.75) is 73.2 Å². The first-order valence-corrected chi connectivity index (χ1v) is 13.3. The lowest BCUT2D eigenvalue weighted by atomic mass is 10.1. The van der Waals surface area contributed by atoms with Crippen molar-refractivity contribution in [1.82, 2.24) is 0 Å². The van der Waals surface area contributed by atoms with E-state index in [4.69, 9.17) is 16.6 Å². The molecule has 0 saturated carbocycles. The number of carbonyl (C=O) groups is 4. The van der Waals surface area contributed by atoms with E-state index in [1.54, 1.807) is 23.5 Å². The molecule has 6 nitrogen and oxygen atoms in total. The summed E-state index contributed by atoms with van der Waals surface area (Å²) in [6.07, 6.45) is 6.46. The van der Waals surface area contributed by atoms with Crippen molar-refractivity contribution in [2.75, 3.05) is 0 Å². The minimum Gasteiger partial charge on any atom is -0.481 e. The van der Waals surface area contributed by atoms with Gasteiger partial charge in [-0.2, -0.15) is 0 Å².